The van der Waals surface area contributed by atoms with Gasteiger partial charge >= 0.3 is 12.0 Å². The van der Waals surface area contributed by atoms with Gasteiger partial charge in [-0.3, -0.25) is 25.0 Å². The summed E-state index contributed by atoms with van der Waals surface area (Å²) in [4.78, 5) is 58.3. The SMILES string of the molecule is CCCCNC(=O)NC(=O)COC(=O)[C@@H](NC(=O)c1ccc(Cl)c([N+](=O)[O-])c1)C(C)C. The van der Waals surface area contributed by atoms with Crippen molar-refractivity contribution in [1.82, 2.24) is 16.0 Å². The lowest BCUT2D eigenvalue weighted by molar-refractivity contribution is -0.384. The Balaban J connectivity index is 2.69. The fourth-order valence-electron chi connectivity index (χ4n) is 2.33. The third kappa shape index (κ3) is 8.59. The van der Waals surface area contributed by atoms with Crippen LogP contribution in [0.4, 0.5) is 10.5 Å². The first-order valence-corrected chi connectivity index (χ1v) is 9.93. The van der Waals surface area contributed by atoms with E-state index in [4.69, 9.17) is 16.3 Å². The van der Waals surface area contributed by atoms with Crippen molar-refractivity contribution < 1.29 is 28.8 Å². The molecule has 170 valence electrons. The minimum absolute atomic E-state index is 0.0731. The molecule has 0 saturated carbocycles. The number of imide groups is 1. The van der Waals surface area contributed by atoms with E-state index in [9.17, 15) is 29.3 Å². The van der Waals surface area contributed by atoms with Gasteiger partial charge < -0.3 is 15.4 Å². The number of hydrogen-bond acceptors (Lipinski definition) is 7. The first kappa shape index (κ1) is 25.8. The van der Waals surface area contributed by atoms with Crippen LogP contribution in [0.5, 0.6) is 0 Å². The van der Waals surface area contributed by atoms with E-state index in [0.717, 1.165) is 18.9 Å². The van der Waals surface area contributed by atoms with E-state index in [1.54, 1.807) is 13.8 Å². The van der Waals surface area contributed by atoms with Gasteiger partial charge in [0.25, 0.3) is 17.5 Å². The smallest absolute Gasteiger partial charge is 0.329 e. The molecule has 1 rings (SSSR count). The minimum Gasteiger partial charge on any atom is -0.454 e. The Labute approximate surface area is 184 Å². The van der Waals surface area contributed by atoms with Gasteiger partial charge in [-0.2, -0.15) is 0 Å². The highest BCUT2D eigenvalue weighted by atomic mass is 35.5. The zero-order valence-electron chi connectivity index (χ0n) is 17.4. The van der Waals surface area contributed by atoms with Gasteiger partial charge in [0.2, 0.25) is 0 Å². The Hall–Kier alpha value is -3.21. The van der Waals surface area contributed by atoms with Gasteiger partial charge in [-0.25, -0.2) is 9.59 Å². The molecule has 0 spiro atoms. The lowest BCUT2D eigenvalue weighted by Gasteiger charge is -2.20. The van der Waals surface area contributed by atoms with Crippen LogP contribution in [0.25, 0.3) is 0 Å². The van der Waals surface area contributed by atoms with Crippen molar-refractivity contribution in [2.75, 3.05) is 13.2 Å². The highest BCUT2D eigenvalue weighted by Gasteiger charge is 2.28. The van der Waals surface area contributed by atoms with Crippen LogP contribution in [-0.4, -0.2) is 47.9 Å². The molecule has 1 atom stereocenters. The van der Waals surface area contributed by atoms with Crippen molar-refractivity contribution in [3.63, 3.8) is 0 Å². The summed E-state index contributed by atoms with van der Waals surface area (Å²) in [5, 5.41) is 17.8. The first-order chi connectivity index (χ1) is 14.6. The predicted molar refractivity (Wildman–Crippen MR) is 112 cm³/mol. The van der Waals surface area contributed by atoms with Crippen LogP contribution in [0.3, 0.4) is 0 Å². The van der Waals surface area contributed by atoms with Crippen LogP contribution in [-0.2, 0) is 14.3 Å². The summed E-state index contributed by atoms with van der Waals surface area (Å²) in [5.41, 5.74) is -0.525. The largest absolute Gasteiger partial charge is 0.454 e. The maximum absolute atomic E-state index is 12.4. The number of benzene rings is 1. The number of nitro benzene ring substituents is 1. The van der Waals surface area contributed by atoms with E-state index in [1.165, 1.54) is 12.1 Å². The Kier molecular flexibility index (Phi) is 10.4. The topological polar surface area (TPSA) is 157 Å². The number of amides is 4. The number of nitrogens with zero attached hydrogens (tertiary/aromatic N) is 1. The molecule has 11 nitrogen and oxygen atoms in total. The lowest BCUT2D eigenvalue weighted by Crippen LogP contribution is -2.47. The van der Waals surface area contributed by atoms with E-state index in [1.807, 2.05) is 12.2 Å². The lowest BCUT2D eigenvalue weighted by atomic mass is 10.0. The molecule has 0 heterocycles. The molecule has 3 N–H and O–H groups in total. The monoisotopic (exact) mass is 456 g/mol. The molecule has 0 unspecified atom stereocenters. The van der Waals surface area contributed by atoms with Gasteiger partial charge in [0.15, 0.2) is 6.61 Å². The normalized spacial score (nSPS) is 11.4. The zero-order chi connectivity index (χ0) is 23.6. The summed E-state index contributed by atoms with van der Waals surface area (Å²) < 4.78 is 4.90. The van der Waals surface area contributed by atoms with Gasteiger partial charge in [0.1, 0.15) is 11.1 Å². The van der Waals surface area contributed by atoms with E-state index in [-0.39, 0.29) is 10.6 Å². The van der Waals surface area contributed by atoms with E-state index >= 15 is 0 Å². The van der Waals surface area contributed by atoms with Crippen LogP contribution < -0.4 is 16.0 Å². The molecule has 1 aromatic carbocycles. The second-order valence-electron chi connectivity index (χ2n) is 6.88. The second-order valence-corrected chi connectivity index (χ2v) is 7.29. The molecular weight excluding hydrogens is 432 g/mol. The molecular formula is C19H25ClN4O7. The molecule has 0 saturated heterocycles. The molecule has 0 aromatic heterocycles. The standard InChI is InChI=1S/C19H25ClN4O7/c1-4-5-8-21-19(28)22-15(25)10-31-18(27)16(11(2)3)23-17(26)12-6-7-13(20)14(9-12)24(29)30/h6-7,9,11,16H,4-5,8,10H2,1-3H3,(H,23,26)(H2,21,22,25,28)/t16-/m0/s1. The Morgan fingerprint density at radius 2 is 1.90 bits per heavy atom. The number of halogens is 1. The Bertz CT molecular complexity index is 845. The number of urea groups is 1. The number of carbonyl (C=O) groups excluding carboxylic acids is 4. The summed E-state index contributed by atoms with van der Waals surface area (Å²) in [6.07, 6.45) is 1.63. The Morgan fingerprint density at radius 1 is 1.23 bits per heavy atom. The zero-order valence-corrected chi connectivity index (χ0v) is 18.2. The van der Waals surface area contributed by atoms with Gasteiger partial charge in [0.05, 0.1) is 4.92 Å². The molecule has 31 heavy (non-hydrogen) atoms. The van der Waals surface area contributed by atoms with Crippen LogP contribution in [0, 0.1) is 16.0 Å². The summed E-state index contributed by atoms with van der Waals surface area (Å²) in [5.74, 6) is -2.90. The van der Waals surface area contributed by atoms with Gasteiger partial charge in [-0.05, 0) is 24.5 Å². The van der Waals surface area contributed by atoms with Crippen LogP contribution in [0.15, 0.2) is 18.2 Å². The number of hydrogen-bond donors (Lipinski definition) is 3. The molecule has 0 bridgehead atoms. The predicted octanol–water partition coefficient (Wildman–Crippen LogP) is 2.17. The van der Waals surface area contributed by atoms with Crippen molar-refractivity contribution in [3.8, 4) is 0 Å². The number of carbonyl (C=O) groups is 4. The molecule has 1 aromatic rings. The average Bonchev–Trinajstić information content (AvgIpc) is 2.70. The third-order valence-electron chi connectivity index (χ3n) is 4.03. The maximum Gasteiger partial charge on any atom is 0.329 e. The fraction of sp³-hybridized carbons (Fsp3) is 0.474. The fourth-order valence-corrected chi connectivity index (χ4v) is 2.51. The van der Waals surface area contributed by atoms with Crippen molar-refractivity contribution in [3.05, 3.63) is 38.9 Å². The third-order valence-corrected chi connectivity index (χ3v) is 4.35. The molecule has 0 radical (unpaired) electrons. The van der Waals surface area contributed by atoms with Crippen molar-refractivity contribution in [2.45, 2.75) is 39.7 Å². The summed E-state index contributed by atoms with van der Waals surface area (Å²) in [6.45, 7) is 4.91. The molecule has 0 fully saturated rings. The summed E-state index contributed by atoms with van der Waals surface area (Å²) >= 11 is 5.73. The van der Waals surface area contributed by atoms with Crippen LogP contribution in [0.2, 0.25) is 5.02 Å². The molecule has 0 aliphatic rings. The van der Waals surface area contributed by atoms with E-state index < -0.39 is 53.0 Å². The number of rotatable bonds is 10. The van der Waals surface area contributed by atoms with Crippen molar-refractivity contribution in [2.24, 2.45) is 5.92 Å². The van der Waals surface area contributed by atoms with Crippen molar-refractivity contribution in [1.29, 1.82) is 0 Å². The summed E-state index contributed by atoms with van der Waals surface area (Å²) in [7, 11) is 0. The summed E-state index contributed by atoms with van der Waals surface area (Å²) in [6, 6.07) is 1.64. The number of nitro groups is 1. The molecule has 12 heteroatoms. The molecule has 0 aliphatic heterocycles. The first-order valence-electron chi connectivity index (χ1n) is 9.55. The van der Waals surface area contributed by atoms with Gasteiger partial charge in [-0.15, -0.1) is 0 Å². The van der Waals surface area contributed by atoms with Crippen LogP contribution >= 0.6 is 11.6 Å². The highest BCUT2D eigenvalue weighted by molar-refractivity contribution is 6.32. The van der Waals surface area contributed by atoms with Crippen molar-refractivity contribution >= 4 is 41.1 Å². The van der Waals surface area contributed by atoms with Gasteiger partial charge in [-0.1, -0.05) is 38.8 Å². The number of esters is 1. The number of ether oxygens (including phenoxy) is 1. The van der Waals surface area contributed by atoms with E-state index in [0.29, 0.717) is 6.54 Å². The Morgan fingerprint density at radius 3 is 2.48 bits per heavy atom. The second kappa shape index (κ2) is 12.5. The number of nitrogens with one attached hydrogen (secondary N) is 3. The number of unbranched alkanes of at least 4 members (excludes halogenated alkanes) is 1. The quantitative estimate of drug-likeness (QED) is 0.211. The van der Waals surface area contributed by atoms with E-state index in [2.05, 4.69) is 10.6 Å². The van der Waals surface area contributed by atoms with Crippen LogP contribution in [0.1, 0.15) is 44.0 Å². The average molecular weight is 457 g/mol. The minimum atomic E-state index is -1.13. The highest BCUT2D eigenvalue weighted by Crippen LogP contribution is 2.25. The molecule has 0 aliphatic carbocycles. The van der Waals surface area contributed by atoms with Gasteiger partial charge in [0, 0.05) is 18.2 Å². The maximum atomic E-state index is 12.4. The molecule has 4 amide bonds.